The van der Waals surface area contributed by atoms with E-state index in [1.807, 2.05) is 30.3 Å². The first-order valence-corrected chi connectivity index (χ1v) is 10.0. The second-order valence-electron chi connectivity index (χ2n) is 7.90. The van der Waals surface area contributed by atoms with Gasteiger partial charge in [0.1, 0.15) is 11.5 Å². The smallest absolute Gasteiger partial charge is 0.234 e. The fraction of sp³-hybridized carbons (Fsp3) is 0.160. The van der Waals surface area contributed by atoms with Gasteiger partial charge in [-0.2, -0.15) is 0 Å². The topological polar surface area (TPSA) is 94.9 Å². The number of hydrogen-bond donors (Lipinski definition) is 2. The van der Waals surface area contributed by atoms with E-state index in [1.165, 1.54) is 17.0 Å². The van der Waals surface area contributed by atoms with Crippen LogP contribution in [-0.4, -0.2) is 32.7 Å². The van der Waals surface area contributed by atoms with Gasteiger partial charge in [-0.3, -0.25) is 19.3 Å². The largest absolute Gasteiger partial charge is 0.507 e. The van der Waals surface area contributed by atoms with Crippen LogP contribution in [0.5, 0.6) is 11.5 Å². The van der Waals surface area contributed by atoms with Crippen LogP contribution in [0.4, 0.5) is 0 Å². The van der Waals surface area contributed by atoms with E-state index >= 15 is 0 Å². The Labute approximate surface area is 178 Å². The van der Waals surface area contributed by atoms with Crippen molar-refractivity contribution in [3.05, 3.63) is 94.5 Å². The Morgan fingerprint density at radius 2 is 1.35 bits per heavy atom. The van der Waals surface area contributed by atoms with Crippen molar-refractivity contribution >= 4 is 17.6 Å². The average Bonchev–Trinajstić information content (AvgIpc) is 3.03. The lowest BCUT2D eigenvalue weighted by molar-refractivity contribution is -0.140. The molecule has 0 radical (unpaired) electrons. The fourth-order valence-electron chi connectivity index (χ4n) is 4.76. The summed E-state index contributed by atoms with van der Waals surface area (Å²) < 4.78 is 0. The summed E-state index contributed by atoms with van der Waals surface area (Å²) in [5, 5.41) is 20.8. The first-order valence-electron chi connectivity index (χ1n) is 10.0. The zero-order valence-corrected chi connectivity index (χ0v) is 16.5. The summed E-state index contributed by atoms with van der Waals surface area (Å²) in [4.78, 5) is 40.5. The maximum Gasteiger partial charge on any atom is 0.234 e. The molecule has 31 heavy (non-hydrogen) atoms. The Balaban J connectivity index is 1.61. The summed E-state index contributed by atoms with van der Waals surface area (Å²) >= 11 is 0. The zero-order valence-electron chi connectivity index (χ0n) is 16.5. The van der Waals surface area contributed by atoms with E-state index in [9.17, 15) is 24.6 Å². The second-order valence-corrected chi connectivity index (χ2v) is 7.90. The van der Waals surface area contributed by atoms with Crippen molar-refractivity contribution in [2.24, 2.45) is 5.92 Å². The highest BCUT2D eigenvalue weighted by atomic mass is 16.3. The minimum atomic E-state index is -0.731. The number of hydrogen-bond acceptors (Lipinski definition) is 5. The number of phenolic OH excluding ortho intramolecular Hbond substituents is 2. The summed E-state index contributed by atoms with van der Waals surface area (Å²) in [6, 6.07) is 18.7. The van der Waals surface area contributed by atoms with Crippen molar-refractivity contribution in [3.63, 3.8) is 0 Å². The average molecular weight is 413 g/mol. The predicted octanol–water partition coefficient (Wildman–Crippen LogP) is 3.35. The summed E-state index contributed by atoms with van der Waals surface area (Å²) in [5.74, 6) is -2.87. The number of rotatable bonds is 3. The highest BCUT2D eigenvalue weighted by Gasteiger charge is 2.48. The number of ketones is 1. The lowest BCUT2D eigenvalue weighted by atomic mass is 9.70. The molecule has 0 aromatic heterocycles. The van der Waals surface area contributed by atoms with Crippen LogP contribution < -0.4 is 0 Å². The molecule has 5 rings (SSSR count). The van der Waals surface area contributed by atoms with Gasteiger partial charge >= 0.3 is 0 Å². The van der Waals surface area contributed by atoms with Gasteiger partial charge in [0.25, 0.3) is 0 Å². The highest BCUT2D eigenvalue weighted by molar-refractivity contribution is 6.16. The minimum absolute atomic E-state index is 0.00524. The quantitative estimate of drug-likeness (QED) is 0.642. The predicted molar refractivity (Wildman–Crippen MR) is 112 cm³/mol. The van der Waals surface area contributed by atoms with E-state index in [2.05, 4.69) is 0 Å². The van der Waals surface area contributed by atoms with E-state index in [0.717, 1.165) is 5.56 Å². The van der Waals surface area contributed by atoms with E-state index in [4.69, 9.17) is 0 Å². The molecule has 1 saturated heterocycles. The minimum Gasteiger partial charge on any atom is -0.507 e. The summed E-state index contributed by atoms with van der Waals surface area (Å²) in [7, 11) is 0. The molecule has 3 aromatic carbocycles. The van der Waals surface area contributed by atoms with Crippen molar-refractivity contribution in [2.75, 3.05) is 0 Å². The summed E-state index contributed by atoms with van der Waals surface area (Å²) in [5.41, 5.74) is 1.98. The molecule has 0 bridgehead atoms. The highest BCUT2D eigenvalue weighted by Crippen LogP contribution is 2.48. The maximum atomic E-state index is 13.4. The first kappa shape index (κ1) is 19.1. The van der Waals surface area contributed by atoms with Gasteiger partial charge in [0.05, 0.1) is 23.6 Å². The van der Waals surface area contributed by atoms with Gasteiger partial charge in [-0.25, -0.2) is 0 Å². The van der Waals surface area contributed by atoms with Crippen LogP contribution in [-0.2, 0) is 16.1 Å². The van der Waals surface area contributed by atoms with Crippen LogP contribution in [0, 0.1) is 5.92 Å². The number of phenols is 2. The second kappa shape index (κ2) is 7.09. The molecule has 1 heterocycles. The molecule has 154 valence electrons. The van der Waals surface area contributed by atoms with Gasteiger partial charge < -0.3 is 10.2 Å². The SMILES string of the molecule is O=C1c2c(O)cccc2C(C2CC(=O)N(Cc3ccccc3)C2=O)c2cccc(O)c21. The monoisotopic (exact) mass is 413 g/mol. The molecule has 1 aliphatic carbocycles. The van der Waals surface area contributed by atoms with Crippen LogP contribution >= 0.6 is 0 Å². The van der Waals surface area contributed by atoms with Crippen LogP contribution in [0.3, 0.4) is 0 Å². The Hall–Kier alpha value is -3.93. The van der Waals surface area contributed by atoms with Crippen molar-refractivity contribution in [1.82, 2.24) is 4.90 Å². The standard InChI is InChI=1S/C25H19NO5/c27-18-10-4-8-15-21(16-9-5-11-19(28)23(16)24(30)22(15)18)17-12-20(29)26(25(17)31)13-14-6-2-1-3-7-14/h1-11,17,21,27-28H,12-13H2. The molecule has 6 nitrogen and oxygen atoms in total. The number of imide groups is 1. The van der Waals surface area contributed by atoms with Crippen LogP contribution in [0.15, 0.2) is 66.7 Å². The molecule has 1 atom stereocenters. The van der Waals surface area contributed by atoms with Crippen LogP contribution in [0.2, 0.25) is 0 Å². The molecule has 2 amide bonds. The molecular formula is C25H19NO5. The maximum absolute atomic E-state index is 13.4. The molecule has 2 N–H and O–H groups in total. The molecule has 0 spiro atoms. The lowest BCUT2D eigenvalue weighted by Gasteiger charge is -2.31. The molecular weight excluding hydrogens is 394 g/mol. The number of nitrogens with zero attached hydrogens (tertiary/aromatic N) is 1. The lowest BCUT2D eigenvalue weighted by Crippen LogP contribution is -2.33. The molecule has 3 aromatic rings. The van der Waals surface area contributed by atoms with Crippen LogP contribution in [0.1, 0.15) is 45.0 Å². The first-order chi connectivity index (χ1) is 15.0. The third-order valence-electron chi connectivity index (χ3n) is 6.14. The number of fused-ring (bicyclic) bond motifs is 2. The number of aromatic hydroxyl groups is 2. The fourth-order valence-corrected chi connectivity index (χ4v) is 4.76. The molecule has 1 unspecified atom stereocenters. The Morgan fingerprint density at radius 3 is 1.94 bits per heavy atom. The number of carbonyl (C=O) groups is 3. The summed E-state index contributed by atoms with van der Waals surface area (Å²) in [6.07, 6.45) is -0.00524. The van der Waals surface area contributed by atoms with E-state index in [0.29, 0.717) is 11.1 Å². The number of amides is 2. The Bertz CT molecular complexity index is 1180. The van der Waals surface area contributed by atoms with Crippen molar-refractivity contribution in [2.45, 2.75) is 18.9 Å². The molecule has 6 heteroatoms. The van der Waals surface area contributed by atoms with Crippen molar-refractivity contribution < 1.29 is 24.6 Å². The normalized spacial score (nSPS) is 18.3. The summed E-state index contributed by atoms with van der Waals surface area (Å²) in [6.45, 7) is 0.181. The molecule has 0 saturated carbocycles. The van der Waals surface area contributed by atoms with E-state index in [1.54, 1.807) is 24.3 Å². The molecule has 1 aliphatic heterocycles. The van der Waals surface area contributed by atoms with Gasteiger partial charge in [0.2, 0.25) is 17.6 Å². The van der Waals surface area contributed by atoms with E-state index < -0.39 is 17.6 Å². The number of carbonyl (C=O) groups excluding carboxylic acids is 3. The van der Waals surface area contributed by atoms with E-state index in [-0.39, 0.29) is 47.4 Å². The third kappa shape index (κ3) is 2.91. The van der Waals surface area contributed by atoms with Crippen molar-refractivity contribution in [3.8, 4) is 11.5 Å². The van der Waals surface area contributed by atoms with Gasteiger partial charge in [-0.05, 0) is 28.8 Å². The Kier molecular flexibility index (Phi) is 4.36. The van der Waals surface area contributed by atoms with Gasteiger partial charge in [0.15, 0.2) is 0 Å². The molecule has 2 aliphatic rings. The van der Waals surface area contributed by atoms with Crippen molar-refractivity contribution in [1.29, 1.82) is 0 Å². The molecule has 1 fully saturated rings. The zero-order chi connectivity index (χ0) is 21.7. The third-order valence-corrected chi connectivity index (χ3v) is 6.14. The number of benzene rings is 3. The van der Waals surface area contributed by atoms with Gasteiger partial charge in [-0.1, -0.05) is 54.6 Å². The Morgan fingerprint density at radius 1 is 0.774 bits per heavy atom. The van der Waals surface area contributed by atoms with Gasteiger partial charge in [0, 0.05) is 12.3 Å². The number of likely N-dealkylation sites (tertiary alicyclic amines) is 1. The van der Waals surface area contributed by atoms with Crippen LogP contribution in [0.25, 0.3) is 0 Å². The van der Waals surface area contributed by atoms with Gasteiger partial charge in [-0.15, -0.1) is 0 Å².